The molecule has 0 N–H and O–H groups in total. The highest BCUT2D eigenvalue weighted by Crippen LogP contribution is 2.11. The van der Waals surface area contributed by atoms with E-state index in [0.29, 0.717) is 0 Å². The van der Waals surface area contributed by atoms with Gasteiger partial charge in [0.05, 0.1) is 0 Å². The molecule has 0 radical (unpaired) electrons. The third-order valence-electron chi connectivity index (χ3n) is 2.66. The van der Waals surface area contributed by atoms with Gasteiger partial charge in [-0.3, -0.25) is 0 Å². The Morgan fingerprint density at radius 1 is 1.00 bits per heavy atom. The number of rotatable bonds is 7. The van der Waals surface area contributed by atoms with Gasteiger partial charge in [-0.25, -0.2) is 0 Å². The molecule has 1 rings (SSSR count). The molecule has 0 aliphatic rings. The van der Waals surface area contributed by atoms with Gasteiger partial charge in [0.25, 0.3) is 0 Å². The van der Waals surface area contributed by atoms with Crippen LogP contribution in [0.15, 0.2) is 24.3 Å². The highest BCUT2D eigenvalue weighted by atomic mass is 35.5. The molecule has 0 nitrogen and oxygen atoms in total. The van der Waals surface area contributed by atoms with Crippen LogP contribution < -0.4 is 0 Å². The molecule has 0 spiro atoms. The molecule has 0 saturated carbocycles. The third kappa shape index (κ3) is 5.22. The van der Waals surface area contributed by atoms with E-state index in [2.05, 4.69) is 31.2 Å². The second-order valence-electron chi connectivity index (χ2n) is 4.07. The first-order valence-corrected chi connectivity index (χ1v) is 6.54. The van der Waals surface area contributed by atoms with Crippen LogP contribution in [0.3, 0.4) is 0 Å². The van der Waals surface area contributed by atoms with Crippen LogP contribution in [0.4, 0.5) is 0 Å². The number of unbranched alkanes of at least 4 members (excludes halogenated alkanes) is 2. The Hall–Kier alpha value is -0.490. The lowest BCUT2D eigenvalue weighted by Crippen LogP contribution is -1.90. The molecule has 0 fully saturated rings. The molecule has 0 saturated heterocycles. The molecule has 15 heavy (non-hydrogen) atoms. The van der Waals surface area contributed by atoms with Crippen molar-refractivity contribution in [3.05, 3.63) is 35.4 Å². The zero-order valence-electron chi connectivity index (χ0n) is 9.64. The van der Waals surface area contributed by atoms with E-state index in [9.17, 15) is 0 Å². The van der Waals surface area contributed by atoms with Gasteiger partial charge >= 0.3 is 0 Å². The highest BCUT2D eigenvalue weighted by molar-refractivity contribution is 6.17. The second-order valence-corrected chi connectivity index (χ2v) is 4.45. The molecule has 84 valence electrons. The third-order valence-corrected chi connectivity index (χ3v) is 2.93. The molecule has 1 aromatic carbocycles. The molecule has 1 aromatic rings. The summed E-state index contributed by atoms with van der Waals surface area (Å²) in [6.07, 6.45) is 7.30. The van der Waals surface area contributed by atoms with Crippen LogP contribution >= 0.6 is 11.6 Å². The van der Waals surface area contributed by atoms with Crippen LogP contribution in [0.1, 0.15) is 43.7 Å². The van der Waals surface area contributed by atoms with Crippen molar-refractivity contribution in [1.29, 1.82) is 0 Å². The predicted octanol–water partition coefficient (Wildman–Crippen LogP) is 4.59. The van der Waals surface area contributed by atoms with Gasteiger partial charge < -0.3 is 0 Å². The highest BCUT2D eigenvalue weighted by Gasteiger charge is 1.96. The van der Waals surface area contributed by atoms with E-state index in [0.717, 1.165) is 12.3 Å². The fourth-order valence-electron chi connectivity index (χ4n) is 1.75. The normalized spacial score (nSPS) is 10.5. The average molecular weight is 225 g/mol. The monoisotopic (exact) mass is 224 g/mol. The molecule has 0 unspecified atom stereocenters. The SMILES string of the molecule is CCCCc1cccc(CCCCCl)c1. The maximum absolute atomic E-state index is 5.67. The standard InChI is InChI=1S/C14H21Cl/c1-2-3-7-13-9-6-10-14(12-13)8-4-5-11-15/h6,9-10,12H,2-5,7-8,11H2,1H3. The van der Waals surface area contributed by atoms with Crippen LogP contribution in [-0.2, 0) is 12.8 Å². The van der Waals surface area contributed by atoms with Gasteiger partial charge in [-0.05, 0) is 43.2 Å². The van der Waals surface area contributed by atoms with Gasteiger partial charge in [0.15, 0.2) is 0 Å². The maximum atomic E-state index is 5.67. The molecule has 0 aromatic heterocycles. The van der Waals surface area contributed by atoms with Crippen LogP contribution in [0, 0.1) is 0 Å². The van der Waals surface area contributed by atoms with Crippen molar-refractivity contribution in [2.24, 2.45) is 0 Å². The topological polar surface area (TPSA) is 0 Å². The number of aryl methyl sites for hydroxylation is 2. The van der Waals surface area contributed by atoms with E-state index in [4.69, 9.17) is 11.6 Å². The van der Waals surface area contributed by atoms with Gasteiger partial charge in [0.2, 0.25) is 0 Å². The zero-order chi connectivity index (χ0) is 10.9. The molecule has 0 heterocycles. The van der Waals surface area contributed by atoms with Gasteiger partial charge in [0, 0.05) is 5.88 Å². The molecule has 0 aliphatic carbocycles. The van der Waals surface area contributed by atoms with Crippen LogP contribution in [0.25, 0.3) is 0 Å². The summed E-state index contributed by atoms with van der Waals surface area (Å²) in [6.45, 7) is 2.24. The maximum Gasteiger partial charge on any atom is 0.0223 e. The van der Waals surface area contributed by atoms with Crippen LogP contribution in [0.5, 0.6) is 0 Å². The lowest BCUT2D eigenvalue weighted by Gasteiger charge is -2.04. The number of halogens is 1. The van der Waals surface area contributed by atoms with E-state index >= 15 is 0 Å². The molecular weight excluding hydrogens is 204 g/mol. The molecule has 1 heteroatoms. The van der Waals surface area contributed by atoms with Crippen molar-refractivity contribution in [2.75, 3.05) is 5.88 Å². The van der Waals surface area contributed by atoms with Crippen molar-refractivity contribution < 1.29 is 0 Å². The summed E-state index contributed by atoms with van der Waals surface area (Å²) in [7, 11) is 0. The van der Waals surface area contributed by atoms with E-state index in [1.54, 1.807) is 0 Å². The quantitative estimate of drug-likeness (QED) is 0.470. The van der Waals surface area contributed by atoms with E-state index in [1.807, 2.05) is 0 Å². The average Bonchev–Trinajstić information content (AvgIpc) is 2.27. The predicted molar refractivity (Wildman–Crippen MR) is 68.7 cm³/mol. The fraction of sp³-hybridized carbons (Fsp3) is 0.571. The van der Waals surface area contributed by atoms with E-state index in [1.165, 1.54) is 43.2 Å². The number of alkyl halides is 1. The summed E-state index contributed by atoms with van der Waals surface area (Å²) in [5, 5.41) is 0. The fourth-order valence-corrected chi connectivity index (χ4v) is 1.93. The van der Waals surface area contributed by atoms with Gasteiger partial charge in [0.1, 0.15) is 0 Å². The minimum atomic E-state index is 0.787. The Bertz CT molecular complexity index is 268. The van der Waals surface area contributed by atoms with E-state index < -0.39 is 0 Å². The summed E-state index contributed by atoms with van der Waals surface area (Å²) in [6, 6.07) is 9.00. The largest absolute Gasteiger partial charge is 0.127 e. The number of hydrogen-bond donors (Lipinski definition) is 0. The van der Waals surface area contributed by atoms with Gasteiger partial charge in [-0.15, -0.1) is 11.6 Å². The second kappa shape index (κ2) is 7.76. The van der Waals surface area contributed by atoms with Crippen LogP contribution in [0.2, 0.25) is 0 Å². The van der Waals surface area contributed by atoms with Crippen molar-refractivity contribution in [2.45, 2.75) is 45.4 Å². The first-order valence-electron chi connectivity index (χ1n) is 6.00. The molecule has 0 amide bonds. The molecular formula is C14H21Cl. The van der Waals surface area contributed by atoms with Gasteiger partial charge in [-0.1, -0.05) is 37.6 Å². The molecule has 0 atom stereocenters. The minimum Gasteiger partial charge on any atom is -0.127 e. The van der Waals surface area contributed by atoms with Crippen molar-refractivity contribution >= 4 is 11.6 Å². The summed E-state index contributed by atoms with van der Waals surface area (Å²) in [5.74, 6) is 0.787. The summed E-state index contributed by atoms with van der Waals surface area (Å²) in [4.78, 5) is 0. The Morgan fingerprint density at radius 3 is 2.27 bits per heavy atom. The summed E-state index contributed by atoms with van der Waals surface area (Å²) < 4.78 is 0. The lowest BCUT2D eigenvalue weighted by atomic mass is 10.0. The Labute approximate surface area is 98.7 Å². The Kier molecular flexibility index (Phi) is 6.50. The first-order chi connectivity index (χ1) is 7.36. The minimum absolute atomic E-state index is 0.787. The molecule has 0 aliphatic heterocycles. The van der Waals surface area contributed by atoms with Crippen molar-refractivity contribution in [3.63, 3.8) is 0 Å². The van der Waals surface area contributed by atoms with E-state index in [-0.39, 0.29) is 0 Å². The summed E-state index contributed by atoms with van der Waals surface area (Å²) >= 11 is 5.67. The number of hydrogen-bond acceptors (Lipinski definition) is 0. The van der Waals surface area contributed by atoms with Crippen molar-refractivity contribution in [1.82, 2.24) is 0 Å². The summed E-state index contributed by atoms with van der Waals surface area (Å²) in [5.41, 5.74) is 2.95. The van der Waals surface area contributed by atoms with Crippen LogP contribution in [-0.4, -0.2) is 5.88 Å². The smallest absolute Gasteiger partial charge is 0.0223 e. The Balaban J connectivity index is 2.42. The van der Waals surface area contributed by atoms with Crippen molar-refractivity contribution in [3.8, 4) is 0 Å². The van der Waals surface area contributed by atoms with Gasteiger partial charge in [-0.2, -0.15) is 0 Å². The first kappa shape index (κ1) is 12.6. The number of benzene rings is 1. The molecule has 0 bridgehead atoms. The lowest BCUT2D eigenvalue weighted by molar-refractivity contribution is 0.782. The Morgan fingerprint density at radius 2 is 1.67 bits per heavy atom. The zero-order valence-corrected chi connectivity index (χ0v) is 10.4.